The summed E-state index contributed by atoms with van der Waals surface area (Å²) < 4.78 is 5.39. The maximum absolute atomic E-state index is 13.2. The van der Waals surface area contributed by atoms with E-state index in [4.69, 9.17) is 25.2 Å². The van der Waals surface area contributed by atoms with Crippen molar-refractivity contribution >= 4 is 29.8 Å². The van der Waals surface area contributed by atoms with Crippen molar-refractivity contribution in [2.45, 2.75) is 56.6 Å². The van der Waals surface area contributed by atoms with Crippen LogP contribution in [0.3, 0.4) is 0 Å². The Morgan fingerprint density at radius 1 is 1.05 bits per heavy atom. The smallest absolute Gasteiger partial charge is 0.336 e. The van der Waals surface area contributed by atoms with E-state index in [1.165, 1.54) is 0 Å². The van der Waals surface area contributed by atoms with Gasteiger partial charge in [-0.3, -0.25) is 14.4 Å². The van der Waals surface area contributed by atoms with Crippen LogP contribution in [0, 0.1) is 0 Å². The number of rotatable bonds is 12. The molecule has 0 bridgehead atoms. The normalized spacial score (nSPS) is 16.3. The third kappa shape index (κ3) is 7.83. The van der Waals surface area contributed by atoms with Crippen molar-refractivity contribution < 1.29 is 44.3 Å². The highest BCUT2D eigenvalue weighted by atomic mass is 16.5. The van der Waals surface area contributed by atoms with Gasteiger partial charge in [0, 0.05) is 25.8 Å². The van der Waals surface area contributed by atoms with Crippen molar-refractivity contribution in [2.24, 2.45) is 0 Å². The highest BCUT2D eigenvalue weighted by molar-refractivity contribution is 5.96. The lowest BCUT2D eigenvalue weighted by atomic mass is 9.78. The summed E-state index contributed by atoms with van der Waals surface area (Å²) in [5.74, 6) is -4.31. The minimum absolute atomic E-state index is 0.0188. The van der Waals surface area contributed by atoms with E-state index in [0.29, 0.717) is 31.1 Å². The SMILES string of the molecule is C=CCC1(CC=C)CCN1C(=O)c1cnc(N2CCOCC2)nc1CC.O=C(O)CC(O)(CC(=O)O)C(=O)O. The summed E-state index contributed by atoms with van der Waals surface area (Å²) in [5, 5.41) is 33.8. The van der Waals surface area contributed by atoms with Crippen LogP contribution < -0.4 is 4.90 Å². The number of ether oxygens (including phenoxy) is 1. The Labute approximate surface area is 226 Å². The monoisotopic (exact) mass is 548 g/mol. The van der Waals surface area contributed by atoms with E-state index in [9.17, 15) is 19.2 Å². The minimum atomic E-state index is -2.74. The lowest BCUT2D eigenvalue weighted by Gasteiger charge is -2.52. The second-order valence-corrected chi connectivity index (χ2v) is 9.38. The summed E-state index contributed by atoms with van der Waals surface area (Å²) in [4.78, 5) is 56.9. The fraction of sp³-hybridized carbons (Fsp3) is 0.538. The van der Waals surface area contributed by atoms with Gasteiger partial charge >= 0.3 is 17.9 Å². The lowest BCUT2D eigenvalue weighted by molar-refractivity contribution is -0.170. The highest BCUT2D eigenvalue weighted by Crippen LogP contribution is 2.39. The first-order chi connectivity index (χ1) is 18.4. The van der Waals surface area contributed by atoms with Gasteiger partial charge in [-0.2, -0.15) is 0 Å². The summed E-state index contributed by atoms with van der Waals surface area (Å²) in [6.07, 6.45) is 6.42. The predicted octanol–water partition coefficient (Wildman–Crippen LogP) is 1.36. The number of aliphatic hydroxyl groups is 1. The van der Waals surface area contributed by atoms with Crippen LogP contribution in [0.5, 0.6) is 0 Å². The number of amides is 1. The second-order valence-electron chi connectivity index (χ2n) is 9.38. The fourth-order valence-corrected chi connectivity index (χ4v) is 4.53. The van der Waals surface area contributed by atoms with Crippen LogP contribution in [-0.4, -0.2) is 103 Å². The van der Waals surface area contributed by atoms with Gasteiger partial charge in [0.25, 0.3) is 5.91 Å². The molecule has 1 amide bonds. The molecule has 214 valence electrons. The van der Waals surface area contributed by atoms with Gasteiger partial charge in [0.05, 0.1) is 42.9 Å². The van der Waals surface area contributed by atoms with E-state index in [0.717, 1.165) is 44.6 Å². The van der Waals surface area contributed by atoms with Crippen molar-refractivity contribution in [3.05, 3.63) is 42.8 Å². The van der Waals surface area contributed by atoms with Crippen LogP contribution in [0.15, 0.2) is 31.5 Å². The molecule has 2 fully saturated rings. The van der Waals surface area contributed by atoms with Gasteiger partial charge in [0.2, 0.25) is 5.95 Å². The number of likely N-dealkylation sites (tertiary alicyclic amines) is 1. The molecule has 0 saturated carbocycles. The number of carboxylic acid groups (broad SMARTS) is 3. The zero-order chi connectivity index (χ0) is 29.2. The van der Waals surface area contributed by atoms with Gasteiger partial charge in [-0.1, -0.05) is 19.1 Å². The standard InChI is InChI=1S/C20H28N4O2.C6H8O7/c1-4-7-20(8-5-2)9-10-24(20)18(25)16-15-21-19(22-17(16)6-3)23-11-13-26-14-12-23;7-3(8)1-6(13,5(11)12)2-4(9)10/h4-5,15H,1-2,6-14H2,3H3;13H,1-2H2,(H,7,8)(H,9,10)(H,11,12). The molecule has 4 N–H and O–H groups in total. The molecule has 13 nitrogen and oxygen atoms in total. The topological polar surface area (TPSA) is 191 Å². The number of carbonyl (C=O) groups is 4. The predicted molar refractivity (Wildman–Crippen MR) is 140 cm³/mol. The Morgan fingerprint density at radius 3 is 2.03 bits per heavy atom. The molecular formula is C26H36N4O9. The first-order valence-electron chi connectivity index (χ1n) is 12.5. The zero-order valence-electron chi connectivity index (χ0n) is 22.0. The van der Waals surface area contributed by atoms with Gasteiger partial charge in [-0.15, -0.1) is 13.2 Å². The van der Waals surface area contributed by atoms with E-state index in [1.54, 1.807) is 6.20 Å². The van der Waals surface area contributed by atoms with E-state index in [2.05, 4.69) is 28.0 Å². The quantitative estimate of drug-likeness (QED) is 0.275. The third-order valence-electron chi connectivity index (χ3n) is 6.67. The summed E-state index contributed by atoms with van der Waals surface area (Å²) in [6, 6.07) is 0. The number of hydrogen-bond acceptors (Lipinski definition) is 9. The first-order valence-corrected chi connectivity index (χ1v) is 12.5. The highest BCUT2D eigenvalue weighted by Gasteiger charge is 2.46. The van der Waals surface area contributed by atoms with Crippen LogP contribution >= 0.6 is 0 Å². The van der Waals surface area contributed by atoms with E-state index in [1.807, 2.05) is 24.0 Å². The number of hydrogen-bond donors (Lipinski definition) is 4. The lowest BCUT2D eigenvalue weighted by Crippen LogP contribution is -2.61. The summed E-state index contributed by atoms with van der Waals surface area (Å²) >= 11 is 0. The van der Waals surface area contributed by atoms with Gasteiger partial charge in [0.1, 0.15) is 0 Å². The molecule has 0 spiro atoms. The molecule has 0 aromatic carbocycles. The Hall–Kier alpha value is -3.84. The molecule has 2 aliphatic heterocycles. The van der Waals surface area contributed by atoms with E-state index >= 15 is 0 Å². The molecule has 0 unspecified atom stereocenters. The van der Waals surface area contributed by atoms with Gasteiger partial charge < -0.3 is 35.0 Å². The van der Waals surface area contributed by atoms with Crippen molar-refractivity contribution in [1.29, 1.82) is 0 Å². The average molecular weight is 549 g/mol. The number of anilines is 1. The molecule has 13 heteroatoms. The number of carbonyl (C=O) groups excluding carboxylic acids is 1. The number of aryl methyl sites for hydroxylation is 1. The Balaban J connectivity index is 0.000000349. The largest absolute Gasteiger partial charge is 0.481 e. The molecule has 1 aromatic rings. The number of aliphatic carboxylic acids is 3. The fourth-order valence-electron chi connectivity index (χ4n) is 4.53. The van der Waals surface area contributed by atoms with Crippen LogP contribution in [0.1, 0.15) is 55.1 Å². The van der Waals surface area contributed by atoms with Crippen LogP contribution in [0.4, 0.5) is 5.95 Å². The van der Waals surface area contributed by atoms with E-state index in [-0.39, 0.29) is 11.4 Å². The Kier molecular flexibility index (Phi) is 11.1. The van der Waals surface area contributed by atoms with Crippen LogP contribution in [-0.2, 0) is 25.5 Å². The van der Waals surface area contributed by atoms with Gasteiger partial charge in [-0.25, -0.2) is 14.8 Å². The minimum Gasteiger partial charge on any atom is -0.481 e. The summed E-state index contributed by atoms with van der Waals surface area (Å²) in [7, 11) is 0. The molecule has 2 aliphatic rings. The maximum Gasteiger partial charge on any atom is 0.336 e. The van der Waals surface area contributed by atoms with Gasteiger partial charge in [-0.05, 0) is 25.7 Å². The Morgan fingerprint density at radius 2 is 1.62 bits per heavy atom. The molecule has 39 heavy (non-hydrogen) atoms. The summed E-state index contributed by atoms with van der Waals surface area (Å²) in [5.41, 5.74) is -1.50. The summed E-state index contributed by atoms with van der Waals surface area (Å²) in [6.45, 7) is 13.4. The molecule has 0 atom stereocenters. The second kappa shape index (κ2) is 13.8. The van der Waals surface area contributed by atoms with Crippen molar-refractivity contribution in [2.75, 3.05) is 37.7 Å². The van der Waals surface area contributed by atoms with Crippen molar-refractivity contribution in [3.63, 3.8) is 0 Å². The third-order valence-corrected chi connectivity index (χ3v) is 6.67. The molecule has 0 aliphatic carbocycles. The van der Waals surface area contributed by atoms with Gasteiger partial charge in [0.15, 0.2) is 5.60 Å². The first kappa shape index (κ1) is 31.4. The molecule has 2 saturated heterocycles. The molecular weight excluding hydrogens is 512 g/mol. The molecule has 1 aromatic heterocycles. The number of morpholine rings is 1. The van der Waals surface area contributed by atoms with E-state index < -0.39 is 36.4 Å². The zero-order valence-corrected chi connectivity index (χ0v) is 22.0. The molecule has 3 rings (SSSR count). The maximum atomic E-state index is 13.2. The molecule has 0 radical (unpaired) electrons. The molecule has 3 heterocycles. The van der Waals surface area contributed by atoms with Crippen molar-refractivity contribution in [3.8, 4) is 0 Å². The average Bonchev–Trinajstić information content (AvgIpc) is 2.87. The van der Waals surface area contributed by atoms with Crippen molar-refractivity contribution in [1.82, 2.24) is 14.9 Å². The number of carboxylic acids is 3. The number of aromatic nitrogens is 2. The van der Waals surface area contributed by atoms with Crippen LogP contribution in [0.2, 0.25) is 0 Å². The van der Waals surface area contributed by atoms with Crippen LogP contribution in [0.25, 0.3) is 0 Å². The Bertz CT molecular complexity index is 1060. The number of nitrogens with zero attached hydrogens (tertiary/aromatic N) is 4.